The fourth-order valence-electron chi connectivity index (χ4n) is 1.33. The molecule has 0 radical (unpaired) electrons. The Kier molecular flexibility index (Phi) is 4.62. The van der Waals surface area contributed by atoms with Crippen molar-refractivity contribution in [2.45, 2.75) is 4.21 Å². The van der Waals surface area contributed by atoms with Crippen molar-refractivity contribution < 1.29 is 8.42 Å². The number of nitrogens with zero attached hydrogens (tertiary/aromatic N) is 1. The molecule has 0 spiro atoms. The molecule has 0 aliphatic carbocycles. The average Bonchev–Trinajstić information content (AvgIpc) is 2.73. The second-order valence-electron chi connectivity index (χ2n) is 3.60. The molecule has 0 atom stereocenters. The summed E-state index contributed by atoms with van der Waals surface area (Å²) in [7, 11) is -3.80. The van der Waals surface area contributed by atoms with Crippen LogP contribution >= 0.6 is 50.5 Å². The van der Waals surface area contributed by atoms with Crippen LogP contribution < -0.4 is 4.72 Å². The lowest BCUT2D eigenvalue weighted by Crippen LogP contribution is -2.11. The first-order chi connectivity index (χ1) is 9.33. The minimum Gasteiger partial charge on any atom is -0.277 e. The van der Waals surface area contributed by atoms with Crippen LogP contribution in [0.2, 0.25) is 10.0 Å². The zero-order valence-electron chi connectivity index (χ0n) is 9.52. The number of sulfonamides is 1. The predicted molar refractivity (Wildman–Crippen MR) is 84.0 cm³/mol. The van der Waals surface area contributed by atoms with E-state index in [1.807, 2.05) is 6.07 Å². The summed E-state index contributed by atoms with van der Waals surface area (Å²) in [5.41, 5.74) is 0.448. The van der Waals surface area contributed by atoms with Gasteiger partial charge >= 0.3 is 0 Å². The van der Waals surface area contributed by atoms with Crippen LogP contribution in [0.15, 0.2) is 32.3 Å². The molecule has 0 aliphatic heterocycles. The summed E-state index contributed by atoms with van der Waals surface area (Å²) >= 11 is 15.9. The molecule has 20 heavy (non-hydrogen) atoms. The van der Waals surface area contributed by atoms with Gasteiger partial charge in [-0.1, -0.05) is 23.2 Å². The Balaban J connectivity index is 2.41. The van der Waals surface area contributed by atoms with Crippen LogP contribution in [-0.4, -0.2) is 8.42 Å². The van der Waals surface area contributed by atoms with E-state index >= 15 is 0 Å². The van der Waals surface area contributed by atoms with Gasteiger partial charge in [0.2, 0.25) is 0 Å². The number of nitrogens with one attached hydrogen (secondary N) is 1. The summed E-state index contributed by atoms with van der Waals surface area (Å²) in [6.45, 7) is 0. The summed E-state index contributed by atoms with van der Waals surface area (Å²) < 4.78 is 27.3. The zero-order chi connectivity index (χ0) is 14.9. The Labute approximate surface area is 138 Å². The summed E-state index contributed by atoms with van der Waals surface area (Å²) in [5, 5.41) is 9.33. The number of hydrogen-bond acceptors (Lipinski definition) is 4. The maximum absolute atomic E-state index is 12.2. The summed E-state index contributed by atoms with van der Waals surface area (Å²) in [6.07, 6.45) is 0. The molecule has 0 aliphatic rings. The molecule has 0 saturated heterocycles. The molecule has 0 saturated carbocycles. The van der Waals surface area contributed by atoms with Gasteiger partial charge in [0.15, 0.2) is 0 Å². The standard InChI is InChI=1S/C11H5BrCl2N2O2S2/c12-11-8(14)4-10(19-11)20(17,18)16-9-3-6(5-15)1-2-7(9)13/h1-4,16H. The molecule has 1 aromatic heterocycles. The van der Waals surface area contributed by atoms with E-state index in [-0.39, 0.29) is 14.9 Å². The lowest BCUT2D eigenvalue weighted by atomic mass is 10.2. The third-order valence-electron chi connectivity index (χ3n) is 2.23. The molecule has 0 unspecified atom stereocenters. The number of halogens is 3. The molecule has 0 bridgehead atoms. The van der Waals surface area contributed by atoms with Crippen molar-refractivity contribution >= 4 is 66.2 Å². The largest absolute Gasteiger partial charge is 0.277 e. The highest BCUT2D eigenvalue weighted by atomic mass is 79.9. The van der Waals surface area contributed by atoms with Gasteiger partial charge in [0.1, 0.15) is 4.21 Å². The number of benzene rings is 1. The fourth-order valence-corrected chi connectivity index (χ4v) is 5.02. The topological polar surface area (TPSA) is 70.0 Å². The normalized spacial score (nSPS) is 11.1. The maximum Gasteiger partial charge on any atom is 0.271 e. The fraction of sp³-hybridized carbons (Fsp3) is 0. The summed E-state index contributed by atoms with van der Waals surface area (Å²) in [4.78, 5) is 0. The van der Waals surface area contributed by atoms with Gasteiger partial charge in [0, 0.05) is 0 Å². The van der Waals surface area contributed by atoms with Crippen LogP contribution in [0.5, 0.6) is 0 Å². The van der Waals surface area contributed by atoms with Crippen molar-refractivity contribution in [1.82, 2.24) is 0 Å². The number of anilines is 1. The van der Waals surface area contributed by atoms with E-state index in [1.54, 1.807) is 0 Å². The first-order valence-electron chi connectivity index (χ1n) is 5.01. The number of thiophene rings is 1. The van der Waals surface area contributed by atoms with Crippen LogP contribution in [0.4, 0.5) is 5.69 Å². The van der Waals surface area contributed by atoms with E-state index in [9.17, 15) is 8.42 Å². The molecule has 4 nitrogen and oxygen atoms in total. The Morgan fingerprint density at radius 2 is 1.95 bits per heavy atom. The summed E-state index contributed by atoms with van der Waals surface area (Å²) in [6, 6.07) is 7.57. The van der Waals surface area contributed by atoms with Crippen molar-refractivity contribution in [2.24, 2.45) is 0 Å². The second kappa shape index (κ2) is 5.92. The van der Waals surface area contributed by atoms with Crippen molar-refractivity contribution in [3.05, 3.63) is 43.7 Å². The SMILES string of the molecule is N#Cc1ccc(Cl)c(NS(=O)(=O)c2cc(Cl)c(Br)s2)c1. The van der Waals surface area contributed by atoms with E-state index in [2.05, 4.69) is 20.7 Å². The molecule has 9 heteroatoms. The van der Waals surface area contributed by atoms with Crippen LogP contribution in [0.25, 0.3) is 0 Å². The van der Waals surface area contributed by atoms with Gasteiger partial charge in [0.05, 0.1) is 31.2 Å². The highest BCUT2D eigenvalue weighted by molar-refractivity contribution is 9.11. The van der Waals surface area contributed by atoms with E-state index < -0.39 is 10.0 Å². The van der Waals surface area contributed by atoms with Gasteiger partial charge in [0.25, 0.3) is 10.0 Å². The molecule has 104 valence electrons. The van der Waals surface area contributed by atoms with Gasteiger partial charge < -0.3 is 0 Å². The zero-order valence-corrected chi connectivity index (χ0v) is 14.3. The number of rotatable bonds is 3. The Morgan fingerprint density at radius 1 is 1.25 bits per heavy atom. The maximum atomic E-state index is 12.2. The second-order valence-corrected chi connectivity index (χ2v) is 8.69. The van der Waals surface area contributed by atoms with Crippen molar-refractivity contribution in [1.29, 1.82) is 5.26 Å². The number of hydrogen-bond donors (Lipinski definition) is 1. The number of nitriles is 1. The lowest BCUT2D eigenvalue weighted by Gasteiger charge is -2.08. The Hall–Kier alpha value is -0.780. The van der Waals surface area contributed by atoms with Crippen LogP contribution in [-0.2, 0) is 10.0 Å². The van der Waals surface area contributed by atoms with Gasteiger partial charge in [-0.05, 0) is 40.2 Å². The van der Waals surface area contributed by atoms with Crippen molar-refractivity contribution in [3.8, 4) is 6.07 Å². The molecule has 2 rings (SSSR count). The predicted octanol–water partition coefficient (Wildman–Crippen LogP) is 4.49. The van der Waals surface area contributed by atoms with Gasteiger partial charge in [-0.2, -0.15) is 5.26 Å². The van der Waals surface area contributed by atoms with E-state index in [0.29, 0.717) is 14.4 Å². The van der Waals surface area contributed by atoms with Gasteiger partial charge in [-0.15, -0.1) is 11.3 Å². The first kappa shape index (κ1) is 15.6. The third kappa shape index (κ3) is 3.27. The van der Waals surface area contributed by atoms with E-state index in [4.69, 9.17) is 28.5 Å². The molecular weight excluding hydrogens is 407 g/mol. The third-order valence-corrected chi connectivity index (χ3v) is 6.87. The quantitative estimate of drug-likeness (QED) is 0.808. The Bertz CT molecular complexity index is 793. The highest BCUT2D eigenvalue weighted by Crippen LogP contribution is 2.36. The minimum absolute atomic E-state index is 0.0489. The summed E-state index contributed by atoms with van der Waals surface area (Å²) in [5.74, 6) is 0. The van der Waals surface area contributed by atoms with Crippen molar-refractivity contribution in [2.75, 3.05) is 4.72 Å². The van der Waals surface area contributed by atoms with Gasteiger partial charge in [-0.3, -0.25) is 4.72 Å². The van der Waals surface area contributed by atoms with E-state index in [0.717, 1.165) is 11.3 Å². The molecule has 1 N–H and O–H groups in total. The Morgan fingerprint density at radius 3 is 2.50 bits per heavy atom. The lowest BCUT2D eigenvalue weighted by molar-refractivity contribution is 0.603. The molecular formula is C11H5BrCl2N2O2S2. The molecule has 1 aromatic carbocycles. The smallest absolute Gasteiger partial charge is 0.271 e. The first-order valence-corrected chi connectivity index (χ1v) is 8.85. The minimum atomic E-state index is -3.80. The monoisotopic (exact) mass is 410 g/mol. The molecule has 2 aromatic rings. The van der Waals surface area contributed by atoms with Crippen LogP contribution in [0.3, 0.4) is 0 Å². The van der Waals surface area contributed by atoms with Gasteiger partial charge in [-0.25, -0.2) is 8.42 Å². The highest BCUT2D eigenvalue weighted by Gasteiger charge is 2.20. The van der Waals surface area contributed by atoms with Crippen LogP contribution in [0, 0.1) is 11.3 Å². The average molecular weight is 412 g/mol. The van der Waals surface area contributed by atoms with Crippen LogP contribution in [0.1, 0.15) is 5.56 Å². The molecule has 1 heterocycles. The van der Waals surface area contributed by atoms with Crippen molar-refractivity contribution in [3.63, 3.8) is 0 Å². The van der Waals surface area contributed by atoms with E-state index in [1.165, 1.54) is 24.3 Å². The molecule has 0 amide bonds. The molecule has 0 fully saturated rings.